The van der Waals surface area contributed by atoms with Crippen molar-refractivity contribution in [1.82, 2.24) is 4.90 Å². The van der Waals surface area contributed by atoms with Crippen molar-refractivity contribution < 1.29 is 0 Å². The van der Waals surface area contributed by atoms with Crippen LogP contribution in [0.25, 0.3) is 0 Å². The molecule has 0 heterocycles. The molecule has 10 heavy (non-hydrogen) atoms. The van der Waals surface area contributed by atoms with Crippen molar-refractivity contribution in [2.24, 2.45) is 0 Å². The number of unbranched alkanes of at least 4 members (excludes halogenated alkanes) is 1. The standard InChI is InChI=1S/C8H18ClN/c1-8(2)10(3)7-5-4-6-9/h8H,4-7H2,1-3H3/q+1. The minimum Gasteiger partial charge on any atom is -0.171 e. The first-order valence-electron chi connectivity index (χ1n) is 3.94. The minimum atomic E-state index is 0.662. The summed E-state index contributed by atoms with van der Waals surface area (Å²) in [5.74, 6) is 0.798. The summed E-state index contributed by atoms with van der Waals surface area (Å²) >= 11 is 5.55. The highest BCUT2D eigenvalue weighted by atomic mass is 35.5. The van der Waals surface area contributed by atoms with E-state index in [4.69, 9.17) is 11.6 Å². The van der Waals surface area contributed by atoms with Crippen LogP contribution in [0.4, 0.5) is 0 Å². The van der Waals surface area contributed by atoms with E-state index < -0.39 is 0 Å². The van der Waals surface area contributed by atoms with Gasteiger partial charge in [-0.05, 0) is 20.3 Å². The maximum atomic E-state index is 5.55. The van der Waals surface area contributed by atoms with Crippen molar-refractivity contribution >= 4 is 11.6 Å². The Kier molecular flexibility index (Phi) is 6.14. The molecule has 0 saturated carbocycles. The SMILES string of the molecule is CC(C)[N+](C)CCCCCl. The van der Waals surface area contributed by atoms with Crippen LogP contribution in [0.3, 0.4) is 0 Å². The number of halogens is 1. The van der Waals surface area contributed by atoms with E-state index in [0.29, 0.717) is 6.04 Å². The zero-order chi connectivity index (χ0) is 7.98. The number of hydrogen-bond donors (Lipinski definition) is 0. The molecule has 1 radical (unpaired) electrons. The molecule has 0 aliphatic rings. The molecule has 0 aromatic carbocycles. The van der Waals surface area contributed by atoms with E-state index in [1.807, 2.05) is 0 Å². The van der Waals surface area contributed by atoms with Crippen molar-refractivity contribution in [2.75, 3.05) is 19.5 Å². The lowest BCUT2D eigenvalue weighted by atomic mass is 10.3. The maximum absolute atomic E-state index is 5.55. The van der Waals surface area contributed by atoms with Crippen molar-refractivity contribution in [1.29, 1.82) is 0 Å². The smallest absolute Gasteiger partial charge is 0.127 e. The largest absolute Gasteiger partial charge is 0.171 e. The molecule has 0 aliphatic carbocycles. The average molecular weight is 164 g/mol. The van der Waals surface area contributed by atoms with E-state index in [2.05, 4.69) is 25.8 Å². The van der Waals surface area contributed by atoms with Crippen LogP contribution in [0.2, 0.25) is 0 Å². The Balaban J connectivity index is 3.13. The molecule has 0 aromatic heterocycles. The zero-order valence-electron chi connectivity index (χ0n) is 7.23. The molecule has 0 unspecified atom stereocenters. The van der Waals surface area contributed by atoms with Crippen molar-refractivity contribution in [3.63, 3.8) is 0 Å². The molecule has 0 spiro atoms. The predicted octanol–water partition coefficient (Wildman–Crippen LogP) is 2.18. The molecule has 61 valence electrons. The summed E-state index contributed by atoms with van der Waals surface area (Å²) in [5.41, 5.74) is 0. The Morgan fingerprint density at radius 2 is 1.90 bits per heavy atom. The highest BCUT2D eigenvalue weighted by Gasteiger charge is 2.10. The van der Waals surface area contributed by atoms with Gasteiger partial charge in [-0.1, -0.05) is 0 Å². The van der Waals surface area contributed by atoms with Crippen LogP contribution in [-0.2, 0) is 0 Å². The van der Waals surface area contributed by atoms with E-state index in [0.717, 1.165) is 12.3 Å². The highest BCUT2D eigenvalue weighted by Crippen LogP contribution is 1.95. The molecule has 2 heteroatoms. The summed E-state index contributed by atoms with van der Waals surface area (Å²) < 4.78 is 0. The van der Waals surface area contributed by atoms with Gasteiger partial charge in [0.1, 0.15) is 19.6 Å². The number of hydrogen-bond acceptors (Lipinski definition) is 1. The van der Waals surface area contributed by atoms with Crippen LogP contribution in [0, 0.1) is 0 Å². The molecule has 0 aliphatic heterocycles. The summed E-state index contributed by atoms with van der Waals surface area (Å²) in [7, 11) is 2.15. The van der Waals surface area contributed by atoms with Gasteiger partial charge < -0.3 is 0 Å². The van der Waals surface area contributed by atoms with E-state index in [1.54, 1.807) is 0 Å². The normalized spacial score (nSPS) is 11.4. The lowest BCUT2D eigenvalue weighted by Gasteiger charge is -2.09. The Morgan fingerprint density at radius 1 is 1.30 bits per heavy atom. The average Bonchev–Trinajstić information content (AvgIpc) is 1.88. The van der Waals surface area contributed by atoms with Crippen LogP contribution in [0.15, 0.2) is 0 Å². The summed E-state index contributed by atoms with van der Waals surface area (Å²) in [6, 6.07) is 0.662. The quantitative estimate of drug-likeness (QED) is 0.333. The lowest BCUT2D eigenvalue weighted by molar-refractivity contribution is 0.397. The van der Waals surface area contributed by atoms with E-state index in [-0.39, 0.29) is 0 Å². The second kappa shape index (κ2) is 5.99. The van der Waals surface area contributed by atoms with Gasteiger partial charge in [-0.3, -0.25) is 0 Å². The fourth-order valence-electron chi connectivity index (χ4n) is 0.714. The van der Waals surface area contributed by atoms with Crippen LogP contribution >= 0.6 is 11.6 Å². The molecule has 0 atom stereocenters. The van der Waals surface area contributed by atoms with Gasteiger partial charge in [0, 0.05) is 12.3 Å². The topological polar surface area (TPSA) is 5.90 Å². The monoisotopic (exact) mass is 163 g/mol. The zero-order valence-corrected chi connectivity index (χ0v) is 7.99. The first-order chi connectivity index (χ1) is 4.68. The van der Waals surface area contributed by atoms with Gasteiger partial charge in [-0.25, -0.2) is 0 Å². The van der Waals surface area contributed by atoms with Crippen LogP contribution in [0.1, 0.15) is 26.7 Å². The fraction of sp³-hybridized carbons (Fsp3) is 1.00. The molecule has 0 rings (SSSR count). The van der Waals surface area contributed by atoms with Gasteiger partial charge in [0.25, 0.3) is 0 Å². The molecule has 0 N–H and O–H groups in total. The number of nitrogens with zero attached hydrogens (tertiary/aromatic N) is 1. The van der Waals surface area contributed by atoms with Crippen LogP contribution < -0.4 is 4.90 Å². The fourth-order valence-corrected chi connectivity index (χ4v) is 0.903. The Hall–Kier alpha value is 0.250. The Labute approximate surface area is 69.4 Å². The number of alkyl halides is 1. The van der Waals surface area contributed by atoms with Crippen LogP contribution in [0.5, 0.6) is 0 Å². The van der Waals surface area contributed by atoms with E-state index in [1.165, 1.54) is 13.0 Å². The van der Waals surface area contributed by atoms with Gasteiger partial charge in [-0.15, -0.1) is 11.6 Å². The first kappa shape index (κ1) is 10.2. The molecule has 0 fully saturated rings. The third kappa shape index (κ3) is 5.07. The summed E-state index contributed by atoms with van der Waals surface area (Å²) in [6.45, 7) is 5.59. The predicted molar refractivity (Wildman–Crippen MR) is 48.0 cm³/mol. The maximum Gasteiger partial charge on any atom is 0.127 e. The Bertz CT molecular complexity index is 73.7. The minimum absolute atomic E-state index is 0.662. The Morgan fingerprint density at radius 3 is 2.30 bits per heavy atom. The van der Waals surface area contributed by atoms with Crippen molar-refractivity contribution in [3.8, 4) is 0 Å². The van der Waals surface area contributed by atoms with E-state index in [9.17, 15) is 0 Å². The third-order valence-corrected chi connectivity index (χ3v) is 2.04. The third-order valence-electron chi connectivity index (χ3n) is 1.78. The lowest BCUT2D eigenvalue weighted by Crippen LogP contribution is -2.33. The van der Waals surface area contributed by atoms with Crippen molar-refractivity contribution in [3.05, 3.63) is 0 Å². The van der Waals surface area contributed by atoms with Gasteiger partial charge in [-0.2, -0.15) is 4.90 Å². The number of rotatable bonds is 5. The summed E-state index contributed by atoms with van der Waals surface area (Å²) in [5, 5.41) is 0. The van der Waals surface area contributed by atoms with Gasteiger partial charge in [0.05, 0.1) is 0 Å². The van der Waals surface area contributed by atoms with Gasteiger partial charge in [0.15, 0.2) is 0 Å². The van der Waals surface area contributed by atoms with E-state index >= 15 is 0 Å². The molecule has 0 bridgehead atoms. The summed E-state index contributed by atoms with van der Waals surface area (Å²) in [4.78, 5) is 2.34. The molecule has 0 aromatic rings. The molecule has 1 nitrogen and oxygen atoms in total. The molecular weight excluding hydrogens is 146 g/mol. The second-order valence-corrected chi connectivity index (χ2v) is 3.35. The molecular formula is C8H18ClN+. The van der Waals surface area contributed by atoms with Gasteiger partial charge in [0.2, 0.25) is 0 Å². The second-order valence-electron chi connectivity index (χ2n) is 2.97. The highest BCUT2D eigenvalue weighted by molar-refractivity contribution is 6.17. The van der Waals surface area contributed by atoms with Gasteiger partial charge >= 0.3 is 0 Å². The molecule has 0 amide bonds. The first-order valence-corrected chi connectivity index (χ1v) is 4.48. The van der Waals surface area contributed by atoms with Crippen LogP contribution in [-0.4, -0.2) is 25.5 Å². The van der Waals surface area contributed by atoms with Crippen molar-refractivity contribution in [2.45, 2.75) is 32.7 Å². The summed E-state index contributed by atoms with van der Waals surface area (Å²) in [6.07, 6.45) is 2.36. The molecule has 0 saturated heterocycles.